The summed E-state index contributed by atoms with van der Waals surface area (Å²) in [7, 11) is 2.10. The molecule has 0 unspecified atom stereocenters. The Morgan fingerprint density at radius 1 is 1.12 bits per heavy atom. The molecule has 0 bridgehead atoms. The number of piperazine rings is 1. The normalized spacial score (nSPS) is 16.2. The highest BCUT2D eigenvalue weighted by Gasteiger charge is 2.31. The Morgan fingerprint density at radius 3 is 2.47 bits per heavy atom. The van der Waals surface area contributed by atoms with Gasteiger partial charge in [-0.1, -0.05) is 12.1 Å². The molecule has 3 aromatic rings. The maximum absolute atomic E-state index is 13.7. The van der Waals surface area contributed by atoms with Gasteiger partial charge in [0.2, 0.25) is 0 Å². The molecule has 1 fully saturated rings. The first kappa shape index (κ1) is 22.2. The summed E-state index contributed by atoms with van der Waals surface area (Å²) in [5.74, 6) is 1.52. The van der Waals surface area contributed by atoms with E-state index in [0.717, 1.165) is 37.5 Å². The lowest BCUT2D eigenvalue weighted by molar-refractivity contribution is 0.125. The lowest BCUT2D eigenvalue weighted by Gasteiger charge is -2.38. The summed E-state index contributed by atoms with van der Waals surface area (Å²) >= 11 is 0. The Labute approximate surface area is 188 Å². The molecule has 0 aliphatic carbocycles. The van der Waals surface area contributed by atoms with Crippen LogP contribution >= 0.6 is 0 Å². The van der Waals surface area contributed by atoms with Crippen LogP contribution in [0, 0.1) is 6.92 Å². The highest BCUT2D eigenvalue weighted by atomic mass is 16.5. The smallest absolute Gasteiger partial charge is 0.260 e. The number of hydrogen-bond donors (Lipinski definition) is 1. The fourth-order valence-electron chi connectivity index (χ4n) is 4.33. The molecule has 7 nitrogen and oxygen atoms in total. The Bertz CT molecular complexity index is 1080. The van der Waals surface area contributed by atoms with E-state index < -0.39 is 0 Å². The first-order valence-corrected chi connectivity index (χ1v) is 11.1. The van der Waals surface area contributed by atoms with Gasteiger partial charge in [-0.05, 0) is 56.8 Å². The third kappa shape index (κ3) is 4.59. The van der Waals surface area contributed by atoms with Gasteiger partial charge in [-0.2, -0.15) is 0 Å². The molecule has 1 atom stereocenters. The minimum absolute atomic E-state index is 0.0287. The van der Waals surface area contributed by atoms with Gasteiger partial charge in [0.1, 0.15) is 17.3 Å². The van der Waals surface area contributed by atoms with Gasteiger partial charge in [-0.25, -0.2) is 0 Å². The molecule has 0 saturated carbocycles. The number of pyridine rings is 1. The van der Waals surface area contributed by atoms with Crippen molar-refractivity contribution in [3.63, 3.8) is 0 Å². The van der Waals surface area contributed by atoms with E-state index in [1.807, 2.05) is 50.2 Å². The molecular weight excluding hydrogens is 406 g/mol. The molecule has 2 aromatic heterocycles. The first-order chi connectivity index (χ1) is 15.5. The lowest BCUT2D eigenvalue weighted by atomic mass is 9.96. The quantitative estimate of drug-likeness (QED) is 0.612. The van der Waals surface area contributed by atoms with Crippen molar-refractivity contribution in [1.29, 1.82) is 0 Å². The van der Waals surface area contributed by atoms with E-state index in [1.165, 1.54) is 0 Å². The van der Waals surface area contributed by atoms with E-state index in [9.17, 15) is 9.90 Å². The van der Waals surface area contributed by atoms with Crippen LogP contribution < -0.4 is 10.3 Å². The molecule has 1 saturated heterocycles. The highest BCUT2D eigenvalue weighted by Crippen LogP contribution is 2.34. The van der Waals surface area contributed by atoms with Crippen molar-refractivity contribution in [2.75, 3.05) is 39.8 Å². The average Bonchev–Trinajstić information content (AvgIpc) is 3.29. The van der Waals surface area contributed by atoms with E-state index in [1.54, 1.807) is 16.9 Å². The molecule has 3 heterocycles. The van der Waals surface area contributed by atoms with E-state index in [-0.39, 0.29) is 17.4 Å². The number of rotatable bonds is 7. The monoisotopic (exact) mass is 437 g/mol. The Kier molecular flexibility index (Phi) is 6.67. The van der Waals surface area contributed by atoms with Crippen LogP contribution in [-0.2, 0) is 6.54 Å². The lowest BCUT2D eigenvalue weighted by Crippen LogP contribution is -2.47. The van der Waals surface area contributed by atoms with Gasteiger partial charge < -0.3 is 23.7 Å². The topological polar surface area (TPSA) is 71.1 Å². The number of aromatic hydroxyl groups is 1. The van der Waals surface area contributed by atoms with Crippen molar-refractivity contribution < 1.29 is 14.3 Å². The molecular formula is C25H31N3O4. The van der Waals surface area contributed by atoms with Crippen molar-refractivity contribution in [3.8, 4) is 11.5 Å². The summed E-state index contributed by atoms with van der Waals surface area (Å²) < 4.78 is 12.7. The number of ether oxygens (including phenoxy) is 1. The Hall–Kier alpha value is -3.03. The maximum Gasteiger partial charge on any atom is 0.260 e. The van der Waals surface area contributed by atoms with Gasteiger partial charge in [0.05, 0.1) is 31.0 Å². The fourth-order valence-corrected chi connectivity index (χ4v) is 4.33. The van der Waals surface area contributed by atoms with Crippen molar-refractivity contribution in [2.45, 2.75) is 26.4 Å². The zero-order valence-corrected chi connectivity index (χ0v) is 19.0. The second-order valence-corrected chi connectivity index (χ2v) is 8.30. The Morgan fingerprint density at radius 2 is 1.84 bits per heavy atom. The summed E-state index contributed by atoms with van der Waals surface area (Å²) in [5, 5.41) is 11.0. The number of aryl methyl sites for hydroxylation is 1. The highest BCUT2D eigenvalue weighted by molar-refractivity contribution is 5.42. The molecule has 7 heteroatoms. The fraction of sp³-hybridized carbons (Fsp3) is 0.400. The van der Waals surface area contributed by atoms with Crippen LogP contribution in [0.5, 0.6) is 11.5 Å². The van der Waals surface area contributed by atoms with Crippen LogP contribution in [-0.4, -0.2) is 59.3 Å². The van der Waals surface area contributed by atoms with Crippen molar-refractivity contribution in [2.24, 2.45) is 0 Å². The second-order valence-electron chi connectivity index (χ2n) is 8.30. The average molecular weight is 438 g/mol. The number of nitrogens with zero attached hydrogens (tertiary/aromatic N) is 3. The molecule has 0 spiro atoms. The third-order valence-electron chi connectivity index (χ3n) is 6.10. The molecule has 0 amide bonds. The standard InChI is InChI=1S/C25H31N3O4/c1-4-31-20-9-7-19(8-10-20)24(27-13-11-26(3)12-14-27)23-22(29)16-18(2)28(25(23)30)17-21-6-5-15-32-21/h5-10,15-16,24,29H,4,11-14,17H2,1-3H3/t24-/m1/s1. The van der Waals surface area contributed by atoms with Gasteiger partial charge in [0, 0.05) is 31.9 Å². The van der Waals surface area contributed by atoms with Gasteiger partial charge in [0.25, 0.3) is 5.56 Å². The molecule has 1 N–H and O–H groups in total. The summed E-state index contributed by atoms with van der Waals surface area (Å²) in [6.45, 7) is 8.11. The number of likely N-dealkylation sites (N-methyl/N-ethyl adjacent to an activating group) is 1. The van der Waals surface area contributed by atoms with Gasteiger partial charge in [-0.3, -0.25) is 9.69 Å². The number of benzene rings is 1. The number of furan rings is 1. The largest absolute Gasteiger partial charge is 0.507 e. The van der Waals surface area contributed by atoms with Gasteiger partial charge in [-0.15, -0.1) is 0 Å². The number of aromatic nitrogens is 1. The molecule has 1 aromatic carbocycles. The van der Waals surface area contributed by atoms with Crippen molar-refractivity contribution in [3.05, 3.63) is 81.7 Å². The third-order valence-corrected chi connectivity index (χ3v) is 6.10. The van der Waals surface area contributed by atoms with Crippen LogP contribution in [0.25, 0.3) is 0 Å². The predicted octanol–water partition coefficient (Wildman–Crippen LogP) is 3.24. The van der Waals surface area contributed by atoms with Gasteiger partial charge >= 0.3 is 0 Å². The van der Waals surface area contributed by atoms with Crippen LogP contribution in [0.15, 0.2) is 57.9 Å². The second kappa shape index (κ2) is 9.63. The summed E-state index contributed by atoms with van der Waals surface area (Å²) in [4.78, 5) is 18.3. The molecule has 170 valence electrons. The zero-order chi connectivity index (χ0) is 22.7. The number of hydrogen-bond acceptors (Lipinski definition) is 6. The minimum Gasteiger partial charge on any atom is -0.507 e. The molecule has 32 heavy (non-hydrogen) atoms. The minimum atomic E-state index is -0.352. The predicted molar refractivity (Wildman–Crippen MR) is 123 cm³/mol. The van der Waals surface area contributed by atoms with Crippen molar-refractivity contribution >= 4 is 0 Å². The SMILES string of the molecule is CCOc1ccc([C@H](c2c(O)cc(C)n(Cc3ccco3)c2=O)N2CCN(C)CC2)cc1. The summed E-state index contributed by atoms with van der Waals surface area (Å²) in [6.07, 6.45) is 1.60. The van der Waals surface area contributed by atoms with E-state index >= 15 is 0 Å². The van der Waals surface area contributed by atoms with Crippen LogP contribution in [0.4, 0.5) is 0 Å². The summed E-state index contributed by atoms with van der Waals surface area (Å²) in [6, 6.07) is 12.8. The van der Waals surface area contributed by atoms with Gasteiger partial charge in [0.15, 0.2) is 0 Å². The van der Waals surface area contributed by atoms with E-state index in [0.29, 0.717) is 30.2 Å². The molecule has 1 aliphatic rings. The summed E-state index contributed by atoms with van der Waals surface area (Å²) in [5.41, 5.74) is 1.85. The molecule has 4 rings (SSSR count). The van der Waals surface area contributed by atoms with Crippen LogP contribution in [0.2, 0.25) is 0 Å². The Balaban J connectivity index is 1.80. The molecule has 0 radical (unpaired) electrons. The van der Waals surface area contributed by atoms with Crippen LogP contribution in [0.3, 0.4) is 0 Å². The maximum atomic E-state index is 13.7. The van der Waals surface area contributed by atoms with E-state index in [4.69, 9.17) is 9.15 Å². The zero-order valence-electron chi connectivity index (χ0n) is 19.0. The first-order valence-electron chi connectivity index (χ1n) is 11.1. The van der Waals surface area contributed by atoms with Crippen molar-refractivity contribution in [1.82, 2.24) is 14.4 Å². The molecule has 1 aliphatic heterocycles. The van der Waals surface area contributed by atoms with Crippen LogP contribution in [0.1, 0.15) is 35.5 Å². The van der Waals surface area contributed by atoms with E-state index in [2.05, 4.69) is 16.8 Å².